The lowest BCUT2D eigenvalue weighted by Gasteiger charge is -2.20. The summed E-state index contributed by atoms with van der Waals surface area (Å²) in [6.07, 6.45) is 0. The van der Waals surface area contributed by atoms with Crippen molar-refractivity contribution in [3.8, 4) is 11.5 Å². The number of aliphatic carboxylic acids is 1. The van der Waals surface area contributed by atoms with Gasteiger partial charge in [-0.15, -0.1) is 5.06 Å². The van der Waals surface area contributed by atoms with E-state index in [0.29, 0.717) is 18.9 Å². The molecule has 2 N–H and O–H groups in total. The van der Waals surface area contributed by atoms with E-state index in [1.807, 2.05) is 0 Å². The van der Waals surface area contributed by atoms with Crippen molar-refractivity contribution in [2.45, 2.75) is 0 Å². The summed E-state index contributed by atoms with van der Waals surface area (Å²) < 4.78 is 4.85. The number of aromatic hydroxyl groups is 1. The molecule has 0 aliphatic rings. The number of methoxy groups -OCH3 is 1. The highest BCUT2D eigenvalue weighted by Crippen LogP contribution is 2.18. The fourth-order valence-electron chi connectivity index (χ4n) is 1.19. The van der Waals surface area contributed by atoms with E-state index in [2.05, 4.69) is 0 Å². The molecule has 0 heterocycles. The monoisotopic (exact) mass is 241 g/mol. The summed E-state index contributed by atoms with van der Waals surface area (Å²) in [5.74, 6) is -0.562. The lowest BCUT2D eigenvalue weighted by molar-refractivity contribution is -0.149. The number of rotatable bonds is 7. The average molecular weight is 241 g/mol. The maximum Gasteiger partial charge on any atom is 0.321 e. The summed E-state index contributed by atoms with van der Waals surface area (Å²) in [7, 11) is 1.52. The van der Waals surface area contributed by atoms with E-state index < -0.39 is 5.97 Å². The molecule has 6 nitrogen and oxygen atoms in total. The van der Waals surface area contributed by atoms with Gasteiger partial charge in [0.2, 0.25) is 0 Å². The van der Waals surface area contributed by atoms with Crippen LogP contribution in [-0.4, -0.2) is 48.1 Å². The Morgan fingerprint density at radius 3 is 2.82 bits per heavy atom. The van der Waals surface area contributed by atoms with Crippen LogP contribution in [0.15, 0.2) is 24.3 Å². The van der Waals surface area contributed by atoms with E-state index in [-0.39, 0.29) is 12.3 Å². The molecule has 1 aromatic carbocycles. The summed E-state index contributed by atoms with van der Waals surface area (Å²) in [4.78, 5) is 15.9. The number of phenols is 1. The summed E-state index contributed by atoms with van der Waals surface area (Å²) in [5, 5.41) is 19.2. The van der Waals surface area contributed by atoms with Crippen molar-refractivity contribution in [1.82, 2.24) is 5.06 Å². The van der Waals surface area contributed by atoms with Gasteiger partial charge in [0, 0.05) is 13.2 Å². The molecule has 0 aliphatic carbocycles. The fraction of sp³-hybridized carbons (Fsp3) is 0.364. The molecule has 17 heavy (non-hydrogen) atoms. The lowest BCUT2D eigenvalue weighted by Crippen LogP contribution is -2.35. The Morgan fingerprint density at radius 2 is 2.24 bits per heavy atom. The van der Waals surface area contributed by atoms with E-state index >= 15 is 0 Å². The number of benzene rings is 1. The van der Waals surface area contributed by atoms with Crippen molar-refractivity contribution in [2.24, 2.45) is 0 Å². The van der Waals surface area contributed by atoms with Crippen LogP contribution in [0.5, 0.6) is 11.5 Å². The van der Waals surface area contributed by atoms with Crippen LogP contribution in [0.25, 0.3) is 0 Å². The molecule has 6 heteroatoms. The van der Waals surface area contributed by atoms with Crippen molar-refractivity contribution < 1.29 is 24.6 Å². The first-order valence-electron chi connectivity index (χ1n) is 5.04. The van der Waals surface area contributed by atoms with Gasteiger partial charge in [-0.25, -0.2) is 0 Å². The molecule has 0 aromatic heterocycles. The molecule has 0 bridgehead atoms. The quantitative estimate of drug-likeness (QED) is 0.685. The third-order valence-corrected chi connectivity index (χ3v) is 1.91. The summed E-state index contributed by atoms with van der Waals surface area (Å²) >= 11 is 0. The summed E-state index contributed by atoms with van der Waals surface area (Å²) in [5.41, 5.74) is 0. The molecular formula is C11H15NO5. The Hall–Kier alpha value is -1.79. The van der Waals surface area contributed by atoms with Crippen LogP contribution >= 0.6 is 0 Å². The molecule has 0 saturated heterocycles. The predicted octanol–water partition coefficient (Wildman–Crippen LogP) is 0.719. The molecule has 0 spiro atoms. The minimum atomic E-state index is -0.999. The van der Waals surface area contributed by atoms with Crippen molar-refractivity contribution in [3.63, 3.8) is 0 Å². The highest BCUT2D eigenvalue weighted by Gasteiger charge is 2.11. The normalized spacial score (nSPS) is 10.5. The zero-order valence-corrected chi connectivity index (χ0v) is 9.50. The van der Waals surface area contributed by atoms with Gasteiger partial charge in [-0.1, -0.05) is 6.07 Å². The lowest BCUT2D eigenvalue weighted by atomic mass is 10.3. The second-order valence-corrected chi connectivity index (χ2v) is 3.34. The molecular weight excluding hydrogens is 226 g/mol. The maximum atomic E-state index is 10.6. The molecule has 0 unspecified atom stereocenters. The highest BCUT2D eigenvalue weighted by atomic mass is 16.7. The Balaban J connectivity index is 2.61. The minimum Gasteiger partial charge on any atom is -0.508 e. The summed E-state index contributed by atoms with van der Waals surface area (Å²) in [6.45, 7) is 0.406. The Kier molecular flexibility index (Phi) is 5.25. The third-order valence-electron chi connectivity index (χ3n) is 1.91. The molecule has 0 fully saturated rings. The Morgan fingerprint density at radius 1 is 1.47 bits per heavy atom. The van der Waals surface area contributed by atoms with Crippen LogP contribution in [0.1, 0.15) is 0 Å². The van der Waals surface area contributed by atoms with Gasteiger partial charge < -0.3 is 19.8 Å². The number of hydrogen-bond acceptors (Lipinski definition) is 5. The number of carbonyl (C=O) groups is 1. The minimum absolute atomic E-state index is 0.0597. The molecule has 0 aliphatic heterocycles. The molecule has 0 radical (unpaired) electrons. The Bertz CT molecular complexity index is 369. The van der Waals surface area contributed by atoms with Crippen LogP contribution in [0, 0.1) is 0 Å². The van der Waals surface area contributed by atoms with Crippen LogP contribution in [0.3, 0.4) is 0 Å². The van der Waals surface area contributed by atoms with E-state index in [1.54, 1.807) is 12.1 Å². The number of nitrogens with zero attached hydrogens (tertiary/aromatic N) is 1. The van der Waals surface area contributed by atoms with Gasteiger partial charge in [0.25, 0.3) is 0 Å². The van der Waals surface area contributed by atoms with E-state index in [9.17, 15) is 9.90 Å². The molecule has 1 rings (SSSR count). The molecule has 0 saturated carbocycles. The van der Waals surface area contributed by atoms with E-state index in [1.165, 1.54) is 24.3 Å². The maximum absolute atomic E-state index is 10.6. The van der Waals surface area contributed by atoms with Crippen LogP contribution < -0.4 is 4.84 Å². The molecule has 94 valence electrons. The van der Waals surface area contributed by atoms with Crippen molar-refractivity contribution >= 4 is 5.97 Å². The second kappa shape index (κ2) is 6.72. The standard InChI is InChI=1S/C11H15NO5/c1-16-6-5-12(8-11(14)15)17-10-4-2-3-9(13)7-10/h2-4,7,13H,5-6,8H2,1H3,(H,14,15). The molecule has 0 amide bonds. The first-order valence-corrected chi connectivity index (χ1v) is 5.04. The third kappa shape index (κ3) is 5.19. The fourth-order valence-corrected chi connectivity index (χ4v) is 1.19. The van der Waals surface area contributed by atoms with Gasteiger partial charge in [-0.2, -0.15) is 0 Å². The van der Waals surface area contributed by atoms with Gasteiger partial charge in [-0.3, -0.25) is 4.79 Å². The van der Waals surface area contributed by atoms with Crippen molar-refractivity contribution in [3.05, 3.63) is 24.3 Å². The average Bonchev–Trinajstić information content (AvgIpc) is 2.25. The first kappa shape index (κ1) is 13.3. The van der Waals surface area contributed by atoms with Crippen molar-refractivity contribution in [1.29, 1.82) is 0 Å². The number of phenolic OH excluding ortho intramolecular Hbond substituents is 1. The first-order chi connectivity index (χ1) is 8.11. The smallest absolute Gasteiger partial charge is 0.321 e. The highest BCUT2D eigenvalue weighted by molar-refractivity contribution is 5.68. The number of hydrogen-bond donors (Lipinski definition) is 2. The zero-order valence-electron chi connectivity index (χ0n) is 9.50. The van der Waals surface area contributed by atoms with E-state index in [4.69, 9.17) is 14.7 Å². The van der Waals surface area contributed by atoms with Gasteiger partial charge in [0.1, 0.15) is 12.3 Å². The number of hydroxylamine groups is 2. The predicted molar refractivity (Wildman–Crippen MR) is 59.8 cm³/mol. The molecule has 0 atom stereocenters. The van der Waals surface area contributed by atoms with Gasteiger partial charge >= 0.3 is 5.97 Å². The van der Waals surface area contributed by atoms with Gasteiger partial charge in [0.05, 0.1) is 13.2 Å². The van der Waals surface area contributed by atoms with Crippen LogP contribution in [-0.2, 0) is 9.53 Å². The van der Waals surface area contributed by atoms with Gasteiger partial charge in [0.15, 0.2) is 5.75 Å². The number of carboxylic acid groups (broad SMARTS) is 1. The van der Waals surface area contributed by atoms with Crippen LogP contribution in [0.4, 0.5) is 0 Å². The largest absolute Gasteiger partial charge is 0.508 e. The zero-order chi connectivity index (χ0) is 12.7. The van der Waals surface area contributed by atoms with E-state index in [0.717, 1.165) is 0 Å². The van der Waals surface area contributed by atoms with Crippen molar-refractivity contribution in [2.75, 3.05) is 26.8 Å². The van der Waals surface area contributed by atoms with Crippen LogP contribution in [0.2, 0.25) is 0 Å². The van der Waals surface area contributed by atoms with Gasteiger partial charge in [-0.05, 0) is 12.1 Å². The SMILES string of the molecule is COCCN(CC(=O)O)Oc1cccc(O)c1. The molecule has 1 aromatic rings. The number of ether oxygens (including phenoxy) is 1. The topological polar surface area (TPSA) is 79.2 Å². The second-order valence-electron chi connectivity index (χ2n) is 3.34. The summed E-state index contributed by atoms with van der Waals surface area (Å²) in [6, 6.07) is 6.15. The number of carboxylic acids is 1. The Labute approximate surface area is 98.9 Å².